The van der Waals surface area contributed by atoms with Crippen molar-refractivity contribution >= 4 is 22.9 Å². The Hall–Kier alpha value is -4.14. The summed E-state index contributed by atoms with van der Waals surface area (Å²) in [7, 11) is 3.27. The highest BCUT2D eigenvalue weighted by molar-refractivity contribution is 5.88. The molecule has 33 heavy (non-hydrogen) atoms. The minimum Gasteiger partial charge on any atom is -0.495 e. The normalized spacial score (nSPS) is 14.0. The molecule has 0 radical (unpaired) electrons. The van der Waals surface area contributed by atoms with Crippen molar-refractivity contribution in [1.29, 1.82) is 0 Å². The van der Waals surface area contributed by atoms with Gasteiger partial charge in [-0.3, -0.25) is 4.57 Å². The van der Waals surface area contributed by atoms with Crippen molar-refractivity contribution in [3.8, 4) is 17.1 Å². The molecule has 0 atom stereocenters. The third-order valence-electron chi connectivity index (χ3n) is 5.99. The highest BCUT2D eigenvalue weighted by Crippen LogP contribution is 2.28. The molecule has 2 aromatic heterocycles. The summed E-state index contributed by atoms with van der Waals surface area (Å²) in [6, 6.07) is 17.0. The molecule has 4 aromatic rings. The zero-order chi connectivity index (χ0) is 22.9. The Balaban J connectivity index is 1.41. The van der Waals surface area contributed by atoms with E-state index in [9.17, 15) is 9.59 Å². The predicted molar refractivity (Wildman–Crippen MR) is 126 cm³/mol. The molecular weight excluding hydrogens is 420 g/mol. The van der Waals surface area contributed by atoms with Crippen molar-refractivity contribution in [2.75, 3.05) is 38.2 Å². The minimum atomic E-state index is -0.429. The van der Waals surface area contributed by atoms with Gasteiger partial charge in [-0.1, -0.05) is 42.5 Å². The maximum absolute atomic E-state index is 13.3. The van der Waals surface area contributed by atoms with E-state index in [1.54, 1.807) is 25.3 Å². The van der Waals surface area contributed by atoms with Gasteiger partial charge in [-0.15, -0.1) is 0 Å². The summed E-state index contributed by atoms with van der Waals surface area (Å²) < 4.78 is 8.03. The molecule has 3 heterocycles. The Bertz CT molecular complexity index is 1370. The van der Waals surface area contributed by atoms with Gasteiger partial charge in [0.2, 0.25) is 0 Å². The number of piperazine rings is 1. The van der Waals surface area contributed by atoms with E-state index in [2.05, 4.69) is 14.9 Å². The molecule has 1 amide bonds. The summed E-state index contributed by atoms with van der Waals surface area (Å²) in [5.74, 6) is 1.31. The van der Waals surface area contributed by atoms with E-state index in [4.69, 9.17) is 4.74 Å². The quantitative estimate of drug-likeness (QED) is 0.483. The number of nitrogens with zero attached hydrogens (tertiary/aromatic N) is 6. The molecule has 0 aliphatic carbocycles. The van der Waals surface area contributed by atoms with Crippen LogP contribution >= 0.6 is 0 Å². The van der Waals surface area contributed by atoms with Crippen LogP contribution in [0.4, 0.5) is 10.5 Å². The van der Waals surface area contributed by atoms with Crippen LogP contribution in [0.1, 0.15) is 0 Å². The van der Waals surface area contributed by atoms with Crippen LogP contribution in [-0.2, 0) is 7.05 Å². The van der Waals surface area contributed by atoms with Crippen molar-refractivity contribution in [3.05, 3.63) is 71.3 Å². The van der Waals surface area contributed by atoms with E-state index in [1.165, 1.54) is 9.13 Å². The number of imidazole rings is 1. The molecule has 0 N–H and O–H groups in total. The lowest BCUT2D eigenvalue weighted by atomic mass is 10.2. The Morgan fingerprint density at radius 2 is 1.67 bits per heavy atom. The number of hydrogen-bond donors (Lipinski definition) is 0. The van der Waals surface area contributed by atoms with Gasteiger partial charge in [0.1, 0.15) is 11.3 Å². The van der Waals surface area contributed by atoms with Crippen LogP contribution in [-0.4, -0.2) is 63.3 Å². The number of amides is 1. The number of rotatable bonds is 3. The van der Waals surface area contributed by atoms with E-state index < -0.39 is 5.69 Å². The number of benzene rings is 2. The molecule has 9 nitrogen and oxygen atoms in total. The summed E-state index contributed by atoms with van der Waals surface area (Å²) in [5.41, 5.74) is 2.24. The Morgan fingerprint density at radius 3 is 2.39 bits per heavy atom. The number of methoxy groups -OCH3 is 1. The first-order chi connectivity index (χ1) is 16.1. The number of para-hydroxylation sites is 2. The fourth-order valence-electron chi connectivity index (χ4n) is 4.20. The molecule has 0 spiro atoms. The molecule has 1 fully saturated rings. The van der Waals surface area contributed by atoms with Gasteiger partial charge in [-0.25, -0.2) is 24.1 Å². The number of hydrogen-bond acceptors (Lipinski definition) is 6. The van der Waals surface area contributed by atoms with Crippen LogP contribution in [0.2, 0.25) is 0 Å². The number of fused-ring (bicyclic) bond motifs is 1. The summed E-state index contributed by atoms with van der Waals surface area (Å²) in [4.78, 5) is 39.2. The molecule has 1 saturated heterocycles. The predicted octanol–water partition coefficient (Wildman–Crippen LogP) is 2.60. The number of aromatic nitrogens is 4. The summed E-state index contributed by atoms with van der Waals surface area (Å²) in [5, 5.41) is 0. The van der Waals surface area contributed by atoms with Gasteiger partial charge in [0.05, 0.1) is 19.0 Å². The maximum atomic E-state index is 13.3. The van der Waals surface area contributed by atoms with E-state index in [1.807, 2.05) is 54.6 Å². The van der Waals surface area contributed by atoms with Gasteiger partial charge < -0.3 is 14.5 Å². The van der Waals surface area contributed by atoms with Crippen LogP contribution in [0.5, 0.6) is 5.75 Å². The van der Waals surface area contributed by atoms with Gasteiger partial charge in [0.15, 0.2) is 11.5 Å². The number of anilines is 1. The van der Waals surface area contributed by atoms with E-state index in [-0.39, 0.29) is 6.03 Å². The molecule has 2 aromatic carbocycles. The lowest BCUT2D eigenvalue weighted by Crippen LogP contribution is -2.51. The molecule has 5 rings (SSSR count). The van der Waals surface area contributed by atoms with Gasteiger partial charge >= 0.3 is 11.7 Å². The number of carbonyl (C=O) groups is 1. The summed E-state index contributed by atoms with van der Waals surface area (Å²) >= 11 is 0. The maximum Gasteiger partial charge on any atom is 0.338 e. The van der Waals surface area contributed by atoms with Crippen LogP contribution in [0.15, 0.2) is 65.6 Å². The molecule has 1 aliphatic rings. The Kier molecular flexibility index (Phi) is 5.29. The van der Waals surface area contributed by atoms with E-state index in [0.29, 0.717) is 43.2 Å². The average molecular weight is 444 g/mol. The van der Waals surface area contributed by atoms with Gasteiger partial charge in [0.25, 0.3) is 0 Å². The van der Waals surface area contributed by atoms with Gasteiger partial charge in [-0.2, -0.15) is 0 Å². The number of ether oxygens (including phenoxy) is 1. The summed E-state index contributed by atoms with van der Waals surface area (Å²) in [6.45, 7) is 2.26. The van der Waals surface area contributed by atoms with Crippen molar-refractivity contribution in [2.45, 2.75) is 0 Å². The topological polar surface area (TPSA) is 85.5 Å². The molecule has 1 aliphatic heterocycles. The third kappa shape index (κ3) is 3.61. The van der Waals surface area contributed by atoms with Crippen LogP contribution < -0.4 is 15.3 Å². The first-order valence-electron chi connectivity index (χ1n) is 10.8. The molecule has 168 valence electrons. The van der Waals surface area contributed by atoms with E-state index in [0.717, 1.165) is 17.0 Å². The standard InChI is InChI=1S/C24H24N6O3/c1-27-22-19(16-25-21(26-22)17-8-4-3-5-9-17)30(23(27)31)24(32)29-14-12-28(13-15-29)18-10-6-7-11-20(18)33-2/h3-11,16H,12-15H2,1-2H3. The highest BCUT2D eigenvalue weighted by atomic mass is 16.5. The van der Waals surface area contributed by atoms with Gasteiger partial charge in [0, 0.05) is 38.8 Å². The monoisotopic (exact) mass is 444 g/mol. The molecule has 0 unspecified atom stereocenters. The smallest absolute Gasteiger partial charge is 0.338 e. The second-order valence-electron chi connectivity index (χ2n) is 7.87. The molecular formula is C24H24N6O3. The van der Waals surface area contributed by atoms with Crippen molar-refractivity contribution in [1.82, 2.24) is 24.0 Å². The lowest BCUT2D eigenvalue weighted by molar-refractivity contribution is 0.196. The van der Waals surface area contributed by atoms with Gasteiger partial charge in [-0.05, 0) is 12.1 Å². The molecule has 0 bridgehead atoms. The molecule has 0 saturated carbocycles. The highest BCUT2D eigenvalue weighted by Gasteiger charge is 2.27. The fourth-order valence-corrected chi connectivity index (χ4v) is 4.20. The van der Waals surface area contributed by atoms with Crippen molar-refractivity contribution < 1.29 is 9.53 Å². The average Bonchev–Trinajstić information content (AvgIpc) is 3.13. The largest absolute Gasteiger partial charge is 0.495 e. The second-order valence-corrected chi connectivity index (χ2v) is 7.87. The zero-order valence-electron chi connectivity index (χ0n) is 18.5. The third-order valence-corrected chi connectivity index (χ3v) is 5.99. The Labute approximate surface area is 190 Å². The second kappa shape index (κ2) is 8.42. The SMILES string of the molecule is COc1ccccc1N1CCN(C(=O)n2c(=O)n(C)c3nc(-c4ccccc4)ncc32)CC1. The fraction of sp³-hybridized carbons (Fsp3) is 0.250. The van der Waals surface area contributed by atoms with Crippen molar-refractivity contribution in [3.63, 3.8) is 0 Å². The van der Waals surface area contributed by atoms with Crippen molar-refractivity contribution in [2.24, 2.45) is 7.05 Å². The van der Waals surface area contributed by atoms with Crippen LogP contribution in [0.25, 0.3) is 22.6 Å². The number of carbonyl (C=O) groups excluding carboxylic acids is 1. The first-order valence-corrected chi connectivity index (χ1v) is 10.8. The van der Waals surface area contributed by atoms with E-state index >= 15 is 0 Å². The Morgan fingerprint density at radius 1 is 0.970 bits per heavy atom. The number of aryl methyl sites for hydroxylation is 1. The van der Waals surface area contributed by atoms with Crippen LogP contribution in [0, 0.1) is 0 Å². The molecule has 9 heteroatoms. The minimum absolute atomic E-state index is 0.360. The van der Waals surface area contributed by atoms with Crippen LogP contribution in [0.3, 0.4) is 0 Å². The first kappa shape index (κ1) is 20.7. The zero-order valence-corrected chi connectivity index (χ0v) is 18.5. The summed E-state index contributed by atoms with van der Waals surface area (Å²) in [6.07, 6.45) is 1.55. The lowest BCUT2D eigenvalue weighted by Gasteiger charge is -2.36.